The van der Waals surface area contributed by atoms with E-state index in [9.17, 15) is 4.79 Å². The van der Waals surface area contributed by atoms with Gasteiger partial charge in [0.25, 0.3) is 0 Å². The summed E-state index contributed by atoms with van der Waals surface area (Å²) in [6.45, 7) is 5.32. The molecule has 34 heavy (non-hydrogen) atoms. The van der Waals surface area contributed by atoms with Gasteiger partial charge in [0, 0.05) is 48.2 Å². The number of rotatable bonds is 8. The van der Waals surface area contributed by atoms with E-state index in [-0.39, 0.29) is 5.69 Å². The van der Waals surface area contributed by atoms with Crippen molar-refractivity contribution < 1.29 is 0 Å². The number of aromatic amines is 1. The molecule has 10 heteroatoms. The zero-order valence-electron chi connectivity index (χ0n) is 19.1. The molecule has 5 aromatic rings. The third-order valence-electron chi connectivity index (χ3n) is 5.77. The Bertz CT molecular complexity index is 1440. The number of nitrogens with zero attached hydrogens (tertiary/aromatic N) is 8. The Kier molecular flexibility index (Phi) is 5.86. The van der Waals surface area contributed by atoms with Crippen LogP contribution in [0.4, 0.5) is 0 Å². The van der Waals surface area contributed by atoms with Gasteiger partial charge in [-0.1, -0.05) is 43.7 Å². The van der Waals surface area contributed by atoms with E-state index in [0.717, 1.165) is 47.5 Å². The van der Waals surface area contributed by atoms with Gasteiger partial charge < -0.3 is 4.57 Å². The normalized spacial score (nSPS) is 11.2. The van der Waals surface area contributed by atoms with Crippen molar-refractivity contribution >= 4 is 0 Å². The first-order valence-corrected chi connectivity index (χ1v) is 11.3. The number of H-pyrrole nitrogens is 1. The quantitative estimate of drug-likeness (QED) is 0.385. The second kappa shape index (κ2) is 9.26. The van der Waals surface area contributed by atoms with Crippen molar-refractivity contribution in [2.45, 2.75) is 39.8 Å². The van der Waals surface area contributed by atoms with Gasteiger partial charge in [0.15, 0.2) is 0 Å². The molecule has 4 heterocycles. The topological polar surface area (TPSA) is 112 Å². The lowest BCUT2D eigenvalue weighted by Crippen LogP contribution is -2.26. The molecule has 0 atom stereocenters. The summed E-state index contributed by atoms with van der Waals surface area (Å²) >= 11 is 0. The van der Waals surface area contributed by atoms with Crippen molar-refractivity contribution in [2.24, 2.45) is 0 Å². The van der Waals surface area contributed by atoms with E-state index in [1.165, 1.54) is 0 Å². The van der Waals surface area contributed by atoms with E-state index < -0.39 is 0 Å². The highest BCUT2D eigenvalue weighted by atomic mass is 16.1. The van der Waals surface area contributed by atoms with E-state index in [4.69, 9.17) is 0 Å². The standard InChI is InChI=1S/C24H25N9O/c1-3-7-18-16-33(23-25-12-13-31(23)4-2)24(34)32(18)15-17-10-11-21(26-14-17)19-8-5-6-9-20(19)22-27-29-30-28-22/h5-6,8-14,16H,3-4,7,15H2,1-2H3,(H,27,28,29,30). The van der Waals surface area contributed by atoms with Crippen LogP contribution in [-0.2, 0) is 19.5 Å². The molecular formula is C24H25N9O. The molecule has 5 rings (SSSR count). The first kappa shape index (κ1) is 21.5. The summed E-state index contributed by atoms with van der Waals surface area (Å²) in [4.78, 5) is 22.4. The summed E-state index contributed by atoms with van der Waals surface area (Å²) < 4.78 is 5.40. The molecule has 0 radical (unpaired) electrons. The molecule has 0 unspecified atom stereocenters. The van der Waals surface area contributed by atoms with Crippen molar-refractivity contribution in [3.63, 3.8) is 0 Å². The summed E-state index contributed by atoms with van der Waals surface area (Å²) in [7, 11) is 0. The molecule has 0 spiro atoms. The van der Waals surface area contributed by atoms with Gasteiger partial charge in [-0.25, -0.2) is 14.3 Å². The van der Waals surface area contributed by atoms with E-state index in [0.29, 0.717) is 18.3 Å². The van der Waals surface area contributed by atoms with Gasteiger partial charge in [0.1, 0.15) is 0 Å². The predicted molar refractivity (Wildman–Crippen MR) is 127 cm³/mol. The molecule has 0 aliphatic carbocycles. The Morgan fingerprint density at radius 1 is 1.03 bits per heavy atom. The fourth-order valence-electron chi connectivity index (χ4n) is 4.10. The first-order valence-electron chi connectivity index (χ1n) is 11.3. The second-order valence-electron chi connectivity index (χ2n) is 7.96. The first-order chi connectivity index (χ1) is 16.7. The maximum atomic E-state index is 13.3. The van der Waals surface area contributed by atoms with E-state index in [1.54, 1.807) is 10.8 Å². The molecule has 0 saturated carbocycles. The molecule has 1 N–H and O–H groups in total. The van der Waals surface area contributed by atoms with Gasteiger partial charge >= 0.3 is 5.69 Å². The highest BCUT2D eigenvalue weighted by Gasteiger charge is 2.16. The SMILES string of the molecule is CCCc1cn(-c2nccn2CC)c(=O)n1Cc1ccc(-c2ccccc2-c2nn[nH]n2)nc1. The molecule has 0 fully saturated rings. The van der Waals surface area contributed by atoms with E-state index >= 15 is 0 Å². The molecular weight excluding hydrogens is 430 g/mol. The van der Waals surface area contributed by atoms with Gasteiger partial charge in [-0.05, 0) is 30.2 Å². The lowest BCUT2D eigenvalue weighted by atomic mass is 10.0. The van der Waals surface area contributed by atoms with Crippen LogP contribution in [0, 0.1) is 0 Å². The second-order valence-corrected chi connectivity index (χ2v) is 7.96. The molecule has 0 aliphatic heterocycles. The lowest BCUT2D eigenvalue weighted by Gasteiger charge is -2.09. The van der Waals surface area contributed by atoms with Crippen molar-refractivity contribution in [3.05, 3.63) is 82.9 Å². The monoisotopic (exact) mass is 455 g/mol. The Balaban J connectivity index is 1.47. The molecule has 0 bridgehead atoms. The highest BCUT2D eigenvalue weighted by Crippen LogP contribution is 2.28. The maximum Gasteiger partial charge on any atom is 0.335 e. The predicted octanol–water partition coefficient (Wildman–Crippen LogP) is 3.10. The fourth-order valence-corrected chi connectivity index (χ4v) is 4.10. The summed E-state index contributed by atoms with van der Waals surface area (Å²) in [5, 5.41) is 14.3. The van der Waals surface area contributed by atoms with Gasteiger partial charge in [-0.3, -0.25) is 9.55 Å². The van der Waals surface area contributed by atoms with Crippen molar-refractivity contribution in [1.29, 1.82) is 0 Å². The minimum absolute atomic E-state index is 0.101. The molecule has 172 valence electrons. The largest absolute Gasteiger partial charge is 0.335 e. The van der Waals surface area contributed by atoms with Gasteiger partial charge in [0.05, 0.1) is 12.2 Å². The minimum atomic E-state index is -0.101. The van der Waals surface area contributed by atoms with E-state index in [1.807, 2.05) is 71.0 Å². The number of aromatic nitrogens is 9. The Labute approximate surface area is 195 Å². The van der Waals surface area contributed by atoms with Crippen LogP contribution in [0.1, 0.15) is 31.5 Å². The van der Waals surface area contributed by atoms with Crippen LogP contribution in [0.5, 0.6) is 0 Å². The summed E-state index contributed by atoms with van der Waals surface area (Å²) in [5.41, 5.74) is 4.38. The van der Waals surface area contributed by atoms with Crippen molar-refractivity contribution in [1.82, 2.24) is 44.3 Å². The maximum absolute atomic E-state index is 13.3. The molecule has 4 aromatic heterocycles. The summed E-state index contributed by atoms with van der Waals surface area (Å²) in [6, 6.07) is 11.8. The molecule has 0 amide bonds. The number of imidazole rings is 2. The van der Waals surface area contributed by atoms with Crippen LogP contribution < -0.4 is 5.69 Å². The number of hydrogen-bond donors (Lipinski definition) is 1. The number of hydrogen-bond acceptors (Lipinski definition) is 6. The third kappa shape index (κ3) is 3.94. The van der Waals surface area contributed by atoms with Gasteiger partial charge in [-0.2, -0.15) is 5.21 Å². The Morgan fingerprint density at radius 2 is 1.88 bits per heavy atom. The van der Waals surface area contributed by atoms with Crippen LogP contribution in [0.2, 0.25) is 0 Å². The molecule has 0 saturated heterocycles. The van der Waals surface area contributed by atoms with Crippen LogP contribution in [-0.4, -0.2) is 44.3 Å². The Morgan fingerprint density at radius 3 is 2.59 bits per heavy atom. The molecule has 0 aliphatic rings. The zero-order chi connectivity index (χ0) is 23.5. The van der Waals surface area contributed by atoms with Crippen LogP contribution in [0.3, 0.4) is 0 Å². The number of aryl methyl sites for hydroxylation is 2. The smallest absolute Gasteiger partial charge is 0.317 e. The van der Waals surface area contributed by atoms with Crippen LogP contribution in [0.15, 0.2) is 66.0 Å². The minimum Gasteiger partial charge on any atom is -0.317 e. The molecule has 10 nitrogen and oxygen atoms in total. The van der Waals surface area contributed by atoms with Crippen molar-refractivity contribution in [3.8, 4) is 28.6 Å². The lowest BCUT2D eigenvalue weighted by molar-refractivity contribution is 0.669. The van der Waals surface area contributed by atoms with E-state index in [2.05, 4.69) is 37.5 Å². The average molecular weight is 456 g/mol. The third-order valence-corrected chi connectivity index (χ3v) is 5.77. The highest BCUT2D eigenvalue weighted by molar-refractivity contribution is 5.78. The zero-order valence-corrected chi connectivity index (χ0v) is 19.1. The van der Waals surface area contributed by atoms with Crippen LogP contribution >= 0.6 is 0 Å². The van der Waals surface area contributed by atoms with Crippen molar-refractivity contribution in [2.75, 3.05) is 0 Å². The Hall–Kier alpha value is -4.34. The van der Waals surface area contributed by atoms with Gasteiger partial charge in [0.2, 0.25) is 11.8 Å². The fraction of sp³-hybridized carbons (Fsp3) is 0.250. The number of benzene rings is 1. The number of tetrazole rings is 1. The average Bonchev–Trinajstić information content (AvgIpc) is 3.62. The summed E-state index contributed by atoms with van der Waals surface area (Å²) in [6.07, 6.45) is 9.07. The van der Waals surface area contributed by atoms with Crippen LogP contribution in [0.25, 0.3) is 28.6 Å². The van der Waals surface area contributed by atoms with Gasteiger partial charge in [-0.15, -0.1) is 10.2 Å². The molecule has 1 aromatic carbocycles. The summed E-state index contributed by atoms with van der Waals surface area (Å²) in [5.74, 6) is 1.15. The number of pyridine rings is 1. The number of nitrogens with one attached hydrogen (secondary N) is 1.